The monoisotopic (exact) mass is 403 g/mol. The summed E-state index contributed by atoms with van der Waals surface area (Å²) >= 11 is 0. The molecule has 2 aromatic carbocycles. The molecule has 0 bridgehead atoms. The number of aromatic nitrogens is 1. The number of ether oxygens (including phenoxy) is 2. The average Bonchev–Trinajstić information content (AvgIpc) is 3.16. The first-order chi connectivity index (χ1) is 14.5. The van der Waals surface area contributed by atoms with Gasteiger partial charge >= 0.3 is 0 Å². The van der Waals surface area contributed by atoms with Crippen LogP contribution in [0, 0.1) is 25.2 Å². The van der Waals surface area contributed by atoms with E-state index in [2.05, 4.69) is 10.5 Å². The number of nitrogens with one attached hydrogen (secondary N) is 1. The normalized spacial score (nSPS) is 10.9. The Kier molecular flexibility index (Phi) is 6.50. The van der Waals surface area contributed by atoms with Crippen molar-refractivity contribution in [2.75, 3.05) is 12.4 Å². The smallest absolute Gasteiger partial charge is 0.267 e. The molecule has 0 aliphatic heterocycles. The van der Waals surface area contributed by atoms with Crippen molar-refractivity contribution in [2.45, 2.75) is 20.5 Å². The Labute approximate surface area is 174 Å². The van der Waals surface area contributed by atoms with Crippen molar-refractivity contribution in [3.8, 4) is 17.6 Å². The third-order valence-corrected chi connectivity index (χ3v) is 4.25. The highest BCUT2D eigenvalue weighted by atomic mass is 16.5. The molecule has 7 heteroatoms. The molecule has 0 aliphatic rings. The van der Waals surface area contributed by atoms with E-state index in [9.17, 15) is 10.1 Å². The first kappa shape index (κ1) is 20.7. The molecule has 1 N–H and O–H groups in total. The molecule has 0 radical (unpaired) electrons. The summed E-state index contributed by atoms with van der Waals surface area (Å²) in [5.74, 6) is 1.29. The molecule has 30 heavy (non-hydrogen) atoms. The van der Waals surface area contributed by atoms with Gasteiger partial charge in [-0.15, -0.1) is 0 Å². The van der Waals surface area contributed by atoms with Crippen LogP contribution in [0.4, 0.5) is 5.82 Å². The molecule has 152 valence electrons. The number of benzene rings is 2. The highest BCUT2D eigenvalue weighted by Crippen LogP contribution is 2.30. The summed E-state index contributed by atoms with van der Waals surface area (Å²) in [6.45, 7) is 4.13. The lowest BCUT2D eigenvalue weighted by Gasteiger charge is -2.12. The number of anilines is 1. The molecule has 0 unspecified atom stereocenters. The van der Waals surface area contributed by atoms with Crippen LogP contribution in [0.15, 0.2) is 58.6 Å². The fraction of sp³-hybridized carbons (Fsp3) is 0.174. The van der Waals surface area contributed by atoms with Crippen LogP contribution in [-0.2, 0) is 11.4 Å². The Balaban J connectivity index is 1.74. The molecule has 0 aliphatic carbocycles. The third kappa shape index (κ3) is 5.26. The molecule has 0 fully saturated rings. The molecule has 1 heterocycles. The van der Waals surface area contributed by atoms with Gasteiger partial charge in [0.2, 0.25) is 0 Å². The van der Waals surface area contributed by atoms with Crippen molar-refractivity contribution >= 4 is 17.8 Å². The molecule has 7 nitrogen and oxygen atoms in total. The number of methoxy groups -OCH3 is 1. The lowest BCUT2D eigenvalue weighted by Crippen LogP contribution is -2.13. The fourth-order valence-electron chi connectivity index (χ4n) is 2.66. The summed E-state index contributed by atoms with van der Waals surface area (Å²) in [5, 5.41) is 15.6. The van der Waals surface area contributed by atoms with Gasteiger partial charge in [-0.2, -0.15) is 5.26 Å². The predicted octanol–water partition coefficient (Wildman–Crippen LogP) is 4.42. The largest absolute Gasteiger partial charge is 0.493 e. The second kappa shape index (κ2) is 9.43. The van der Waals surface area contributed by atoms with E-state index < -0.39 is 5.91 Å². The highest BCUT2D eigenvalue weighted by Gasteiger charge is 2.13. The van der Waals surface area contributed by atoms with Crippen molar-refractivity contribution in [1.29, 1.82) is 5.26 Å². The minimum absolute atomic E-state index is 0.0778. The molecular weight excluding hydrogens is 382 g/mol. The lowest BCUT2D eigenvalue weighted by atomic mass is 10.1. The topological polar surface area (TPSA) is 97.4 Å². The van der Waals surface area contributed by atoms with Crippen molar-refractivity contribution in [3.05, 3.63) is 76.6 Å². The van der Waals surface area contributed by atoms with Gasteiger partial charge in [-0.25, -0.2) is 0 Å². The van der Waals surface area contributed by atoms with Gasteiger partial charge in [0.05, 0.1) is 7.11 Å². The van der Waals surface area contributed by atoms with Gasteiger partial charge in [-0.3, -0.25) is 4.79 Å². The fourth-order valence-corrected chi connectivity index (χ4v) is 2.66. The summed E-state index contributed by atoms with van der Waals surface area (Å²) in [6, 6.07) is 16.7. The van der Waals surface area contributed by atoms with Crippen LogP contribution in [-0.4, -0.2) is 18.2 Å². The minimum atomic E-state index is -0.579. The number of aryl methyl sites for hydroxylation is 2. The van der Waals surface area contributed by atoms with E-state index in [-0.39, 0.29) is 11.4 Å². The maximum atomic E-state index is 12.3. The highest BCUT2D eigenvalue weighted by molar-refractivity contribution is 6.09. The Morgan fingerprint density at radius 3 is 2.57 bits per heavy atom. The first-order valence-corrected chi connectivity index (χ1v) is 9.21. The van der Waals surface area contributed by atoms with E-state index in [4.69, 9.17) is 14.0 Å². The number of nitriles is 1. The van der Waals surface area contributed by atoms with Crippen molar-refractivity contribution < 1.29 is 18.8 Å². The molecule has 0 saturated heterocycles. The SMILES string of the molecule is COc1cc(/C=C(/C#N)C(=O)Nc2cc(C)on2)ccc1OCc1ccc(C)cc1. The van der Waals surface area contributed by atoms with E-state index >= 15 is 0 Å². The number of amides is 1. The van der Waals surface area contributed by atoms with Crippen LogP contribution >= 0.6 is 0 Å². The molecular formula is C23H21N3O4. The molecule has 1 aromatic heterocycles. The molecule has 3 rings (SSSR count). The Morgan fingerprint density at radius 1 is 1.17 bits per heavy atom. The Hall–Kier alpha value is -4.05. The van der Waals surface area contributed by atoms with E-state index in [1.807, 2.05) is 37.3 Å². The number of nitrogens with zero attached hydrogens (tertiary/aromatic N) is 2. The summed E-state index contributed by atoms with van der Waals surface area (Å²) in [6.07, 6.45) is 1.47. The number of hydrogen-bond acceptors (Lipinski definition) is 6. The number of rotatable bonds is 7. The van der Waals surface area contributed by atoms with Crippen LogP contribution in [0.3, 0.4) is 0 Å². The lowest BCUT2D eigenvalue weighted by molar-refractivity contribution is -0.112. The van der Waals surface area contributed by atoms with Gasteiger partial charge in [0.1, 0.15) is 24.0 Å². The van der Waals surface area contributed by atoms with Gasteiger partial charge in [0.15, 0.2) is 17.3 Å². The molecule has 0 spiro atoms. The van der Waals surface area contributed by atoms with Gasteiger partial charge < -0.3 is 19.3 Å². The van der Waals surface area contributed by atoms with Gasteiger partial charge in [-0.1, -0.05) is 41.1 Å². The van der Waals surface area contributed by atoms with Gasteiger partial charge in [0.25, 0.3) is 5.91 Å². The van der Waals surface area contributed by atoms with Gasteiger partial charge in [0, 0.05) is 6.07 Å². The Bertz CT molecular complexity index is 1110. The quantitative estimate of drug-likeness (QED) is 0.463. The van der Waals surface area contributed by atoms with Crippen LogP contribution in [0.5, 0.6) is 11.5 Å². The summed E-state index contributed by atoms with van der Waals surface area (Å²) in [5.41, 5.74) is 2.77. The summed E-state index contributed by atoms with van der Waals surface area (Å²) in [7, 11) is 1.53. The van der Waals surface area contributed by atoms with Crippen molar-refractivity contribution in [1.82, 2.24) is 5.16 Å². The second-order valence-electron chi connectivity index (χ2n) is 6.63. The van der Waals surface area contributed by atoms with Crippen molar-refractivity contribution in [3.63, 3.8) is 0 Å². The summed E-state index contributed by atoms with van der Waals surface area (Å²) in [4.78, 5) is 12.3. The third-order valence-electron chi connectivity index (χ3n) is 4.25. The molecule has 0 saturated carbocycles. The van der Waals surface area contributed by atoms with E-state index in [0.717, 1.165) is 5.56 Å². The number of carbonyl (C=O) groups excluding carboxylic acids is 1. The Morgan fingerprint density at radius 2 is 1.93 bits per heavy atom. The number of hydrogen-bond donors (Lipinski definition) is 1. The molecule has 3 aromatic rings. The zero-order valence-corrected chi connectivity index (χ0v) is 16.9. The van der Waals surface area contributed by atoms with Crippen LogP contribution in [0.25, 0.3) is 6.08 Å². The molecule has 0 atom stereocenters. The van der Waals surface area contributed by atoms with E-state index in [1.54, 1.807) is 31.2 Å². The predicted molar refractivity (Wildman–Crippen MR) is 112 cm³/mol. The molecule has 1 amide bonds. The standard InChI is InChI=1S/C23H21N3O4/c1-15-4-6-17(7-5-15)14-29-20-9-8-18(12-21(20)28-3)11-19(13-24)23(27)25-22-10-16(2)30-26-22/h4-12H,14H2,1-3H3,(H,25,26,27)/b19-11-. The zero-order chi connectivity index (χ0) is 21.5. The van der Waals surface area contributed by atoms with Crippen LogP contribution in [0.1, 0.15) is 22.5 Å². The number of carbonyl (C=O) groups is 1. The van der Waals surface area contributed by atoms with Crippen molar-refractivity contribution in [2.24, 2.45) is 0 Å². The minimum Gasteiger partial charge on any atom is -0.493 e. The maximum Gasteiger partial charge on any atom is 0.267 e. The zero-order valence-electron chi connectivity index (χ0n) is 16.9. The van der Waals surface area contributed by atoms with E-state index in [1.165, 1.54) is 18.7 Å². The second-order valence-corrected chi connectivity index (χ2v) is 6.63. The van der Waals surface area contributed by atoms with Crippen LogP contribution < -0.4 is 14.8 Å². The first-order valence-electron chi connectivity index (χ1n) is 9.21. The summed E-state index contributed by atoms with van der Waals surface area (Å²) < 4.78 is 16.2. The van der Waals surface area contributed by atoms with E-state index in [0.29, 0.717) is 29.4 Å². The van der Waals surface area contributed by atoms with Crippen LogP contribution in [0.2, 0.25) is 0 Å². The van der Waals surface area contributed by atoms with Gasteiger partial charge in [-0.05, 0) is 43.2 Å². The average molecular weight is 403 g/mol. The maximum absolute atomic E-state index is 12.3.